The highest BCUT2D eigenvalue weighted by molar-refractivity contribution is 7.84. The molecule has 100 valence electrons. The van der Waals surface area contributed by atoms with Crippen molar-refractivity contribution in [1.82, 2.24) is 0 Å². The molecular formula is C13H18O3S2. The first kappa shape index (κ1) is 13.7. The molecule has 0 radical (unpaired) electrons. The molecule has 2 rings (SSSR count). The third kappa shape index (κ3) is 3.20. The number of rotatable bonds is 4. The minimum absolute atomic E-state index is 0.311. The van der Waals surface area contributed by atoms with Crippen molar-refractivity contribution < 1.29 is 14.1 Å². The van der Waals surface area contributed by atoms with Crippen LogP contribution >= 0.6 is 11.3 Å². The van der Waals surface area contributed by atoms with E-state index in [-0.39, 0.29) is 0 Å². The molecule has 1 fully saturated rings. The SMILES string of the molecule is Cc1sc(C(=O)O)cc1CS(=O)C1CCCCC1. The molecule has 18 heavy (non-hydrogen) atoms. The van der Waals surface area contributed by atoms with E-state index in [1.165, 1.54) is 30.6 Å². The third-order valence-corrected chi connectivity index (χ3v) is 6.34. The van der Waals surface area contributed by atoms with E-state index in [2.05, 4.69) is 0 Å². The normalized spacial score (nSPS) is 18.7. The van der Waals surface area contributed by atoms with Gasteiger partial charge in [0.05, 0.1) is 0 Å². The predicted molar refractivity (Wildman–Crippen MR) is 74.7 cm³/mol. The topological polar surface area (TPSA) is 54.4 Å². The van der Waals surface area contributed by atoms with Crippen LogP contribution in [0.3, 0.4) is 0 Å². The summed E-state index contributed by atoms with van der Waals surface area (Å²) in [5, 5.41) is 9.25. The fraction of sp³-hybridized carbons (Fsp3) is 0.615. The first-order chi connectivity index (χ1) is 8.58. The van der Waals surface area contributed by atoms with Crippen molar-refractivity contribution in [3.63, 3.8) is 0 Å². The first-order valence-corrected chi connectivity index (χ1v) is 8.47. The smallest absolute Gasteiger partial charge is 0.345 e. The highest BCUT2D eigenvalue weighted by Crippen LogP contribution is 2.27. The molecule has 5 heteroatoms. The number of hydrogen-bond donors (Lipinski definition) is 1. The van der Waals surface area contributed by atoms with Crippen LogP contribution in [0.15, 0.2) is 6.07 Å². The second-order valence-corrected chi connectivity index (χ2v) is 7.76. The summed E-state index contributed by atoms with van der Waals surface area (Å²) in [5.41, 5.74) is 0.946. The number of carboxylic acids is 1. The van der Waals surface area contributed by atoms with Crippen molar-refractivity contribution in [1.29, 1.82) is 0 Å². The molecular weight excluding hydrogens is 268 g/mol. The lowest BCUT2D eigenvalue weighted by Crippen LogP contribution is -2.19. The van der Waals surface area contributed by atoms with Gasteiger partial charge in [-0.1, -0.05) is 19.3 Å². The van der Waals surface area contributed by atoms with Crippen LogP contribution in [0.4, 0.5) is 0 Å². The minimum Gasteiger partial charge on any atom is -0.477 e. The van der Waals surface area contributed by atoms with Crippen molar-refractivity contribution in [3.05, 3.63) is 21.4 Å². The van der Waals surface area contributed by atoms with Crippen LogP contribution in [0.1, 0.15) is 52.2 Å². The first-order valence-electron chi connectivity index (χ1n) is 6.27. The second-order valence-electron chi connectivity index (χ2n) is 4.78. The van der Waals surface area contributed by atoms with Crippen LogP contribution in [0.5, 0.6) is 0 Å². The van der Waals surface area contributed by atoms with E-state index in [4.69, 9.17) is 5.11 Å². The number of aromatic carboxylic acids is 1. The molecule has 0 amide bonds. The number of hydrogen-bond acceptors (Lipinski definition) is 3. The largest absolute Gasteiger partial charge is 0.477 e. The Labute approximate surface area is 114 Å². The predicted octanol–water partition coefficient (Wildman–Crippen LogP) is 3.34. The van der Waals surface area contributed by atoms with Gasteiger partial charge in [0.1, 0.15) is 4.88 Å². The zero-order valence-electron chi connectivity index (χ0n) is 10.5. The molecule has 1 heterocycles. The summed E-state index contributed by atoms with van der Waals surface area (Å²) in [6.07, 6.45) is 5.73. The molecule has 0 spiro atoms. The fourth-order valence-electron chi connectivity index (χ4n) is 2.37. The summed E-state index contributed by atoms with van der Waals surface area (Å²) in [7, 11) is -0.854. The lowest BCUT2D eigenvalue weighted by molar-refractivity contribution is 0.0702. The van der Waals surface area contributed by atoms with E-state index in [1.54, 1.807) is 6.07 Å². The van der Waals surface area contributed by atoms with Crippen LogP contribution < -0.4 is 0 Å². The van der Waals surface area contributed by atoms with Crippen molar-refractivity contribution in [2.45, 2.75) is 50.0 Å². The molecule has 0 bridgehead atoms. The lowest BCUT2D eigenvalue weighted by atomic mass is 10.0. The van der Waals surface area contributed by atoms with Gasteiger partial charge >= 0.3 is 5.97 Å². The van der Waals surface area contributed by atoms with Gasteiger partial charge in [0.2, 0.25) is 0 Å². The van der Waals surface area contributed by atoms with Crippen LogP contribution in [0.2, 0.25) is 0 Å². The standard InChI is InChI=1S/C13H18O3S2/c1-9-10(7-12(17-9)13(14)15)8-18(16)11-5-3-2-4-6-11/h7,11H,2-6,8H2,1H3,(H,14,15). The molecule has 1 unspecified atom stereocenters. The third-order valence-electron chi connectivity index (χ3n) is 3.45. The van der Waals surface area contributed by atoms with Crippen molar-refractivity contribution in [2.24, 2.45) is 0 Å². The van der Waals surface area contributed by atoms with Gasteiger partial charge < -0.3 is 5.11 Å². The van der Waals surface area contributed by atoms with Crippen LogP contribution in [-0.4, -0.2) is 20.5 Å². The lowest BCUT2D eigenvalue weighted by Gasteiger charge is -2.20. The Bertz CT molecular complexity index is 459. The highest BCUT2D eigenvalue weighted by atomic mass is 32.2. The van der Waals surface area contributed by atoms with E-state index in [9.17, 15) is 9.00 Å². The van der Waals surface area contributed by atoms with Crippen molar-refractivity contribution in [3.8, 4) is 0 Å². The summed E-state index contributed by atoms with van der Waals surface area (Å²) < 4.78 is 12.3. The minimum atomic E-state index is -0.891. The maximum Gasteiger partial charge on any atom is 0.345 e. The number of thiophene rings is 1. The van der Waals surface area contributed by atoms with Gasteiger partial charge in [-0.25, -0.2) is 4.79 Å². The molecule has 1 atom stereocenters. The fourth-order valence-corrected chi connectivity index (χ4v) is 5.04. The van der Waals surface area contributed by atoms with E-state index in [0.717, 1.165) is 23.3 Å². The molecule has 0 aliphatic heterocycles. The summed E-state index contributed by atoms with van der Waals surface area (Å²) in [4.78, 5) is 12.2. The Balaban J connectivity index is 2.04. The average molecular weight is 286 g/mol. The van der Waals surface area contributed by atoms with Crippen LogP contribution in [-0.2, 0) is 16.6 Å². The van der Waals surface area contributed by atoms with Gasteiger partial charge in [-0.3, -0.25) is 4.21 Å². The molecule has 1 aliphatic carbocycles. The Morgan fingerprint density at radius 2 is 2.11 bits per heavy atom. The molecule has 1 saturated carbocycles. The van der Waals surface area contributed by atoms with Gasteiger partial charge in [-0.2, -0.15) is 0 Å². The van der Waals surface area contributed by atoms with Crippen LogP contribution in [0.25, 0.3) is 0 Å². The molecule has 1 aromatic heterocycles. The van der Waals surface area contributed by atoms with Crippen molar-refractivity contribution >= 4 is 28.1 Å². The molecule has 1 aliphatic rings. The maximum atomic E-state index is 12.3. The molecule has 0 aromatic carbocycles. The molecule has 3 nitrogen and oxygen atoms in total. The number of carboxylic acid groups (broad SMARTS) is 1. The van der Waals surface area contributed by atoms with Crippen molar-refractivity contribution in [2.75, 3.05) is 0 Å². The van der Waals surface area contributed by atoms with Gasteiger partial charge in [0.25, 0.3) is 0 Å². The van der Waals surface area contributed by atoms with Gasteiger partial charge in [-0.15, -0.1) is 11.3 Å². The van der Waals surface area contributed by atoms with E-state index in [1.807, 2.05) is 6.92 Å². The molecule has 0 saturated heterocycles. The quantitative estimate of drug-likeness (QED) is 0.923. The van der Waals surface area contributed by atoms with Gasteiger partial charge in [0.15, 0.2) is 0 Å². The number of carbonyl (C=O) groups is 1. The second kappa shape index (κ2) is 5.97. The summed E-state index contributed by atoms with van der Waals surface area (Å²) in [6, 6.07) is 1.68. The highest BCUT2D eigenvalue weighted by Gasteiger charge is 2.21. The van der Waals surface area contributed by atoms with E-state index >= 15 is 0 Å². The Morgan fingerprint density at radius 3 is 2.67 bits per heavy atom. The Kier molecular flexibility index (Phi) is 4.56. The summed E-state index contributed by atoms with van der Waals surface area (Å²) in [6.45, 7) is 1.91. The summed E-state index contributed by atoms with van der Waals surface area (Å²) in [5.74, 6) is -0.377. The Hall–Kier alpha value is -0.680. The van der Waals surface area contributed by atoms with E-state index < -0.39 is 16.8 Å². The number of aryl methyl sites for hydroxylation is 1. The molecule has 1 N–H and O–H groups in total. The van der Waals surface area contributed by atoms with Gasteiger partial charge in [0, 0.05) is 26.7 Å². The molecule has 1 aromatic rings. The maximum absolute atomic E-state index is 12.3. The zero-order valence-corrected chi connectivity index (χ0v) is 12.1. The Morgan fingerprint density at radius 1 is 1.44 bits per heavy atom. The zero-order chi connectivity index (χ0) is 13.1. The average Bonchev–Trinajstić information content (AvgIpc) is 2.72. The monoisotopic (exact) mass is 286 g/mol. The van der Waals surface area contributed by atoms with Crippen LogP contribution in [0, 0.1) is 6.92 Å². The van der Waals surface area contributed by atoms with Gasteiger partial charge in [-0.05, 0) is 31.4 Å². The summed E-state index contributed by atoms with van der Waals surface area (Å²) >= 11 is 1.28. The van der Waals surface area contributed by atoms with E-state index in [0.29, 0.717) is 15.9 Å².